The molecule has 1 aromatic heterocycles. The summed E-state index contributed by atoms with van der Waals surface area (Å²) in [5.74, 6) is 0.0889. The van der Waals surface area contributed by atoms with Gasteiger partial charge in [0.2, 0.25) is 11.8 Å². The van der Waals surface area contributed by atoms with Gasteiger partial charge < -0.3 is 4.90 Å². The molecule has 0 saturated carbocycles. The standard InChI is InChI=1S/C16H18N2O2/c19-15(17-10-3-4-11-17)7-8-16(20)18-12-9-13-5-1-2-6-14(13)18/h1-2,5-6,9,12H,3-4,7-8,10-11H2. The number of carbonyl (C=O) groups is 2. The Morgan fingerprint density at radius 1 is 0.950 bits per heavy atom. The number of para-hydroxylation sites is 1. The second kappa shape index (κ2) is 5.49. The van der Waals surface area contributed by atoms with Crippen LogP contribution in [0.4, 0.5) is 0 Å². The molecule has 1 saturated heterocycles. The van der Waals surface area contributed by atoms with Crippen molar-refractivity contribution in [2.45, 2.75) is 25.7 Å². The van der Waals surface area contributed by atoms with Crippen molar-refractivity contribution in [1.82, 2.24) is 9.47 Å². The molecule has 2 aromatic rings. The van der Waals surface area contributed by atoms with Gasteiger partial charge in [-0.2, -0.15) is 0 Å². The molecule has 1 aromatic carbocycles. The molecular formula is C16H18N2O2. The minimum absolute atomic E-state index is 0.0150. The molecule has 1 aliphatic heterocycles. The predicted molar refractivity (Wildman–Crippen MR) is 77.6 cm³/mol. The first kappa shape index (κ1) is 12.9. The molecule has 0 aliphatic carbocycles. The van der Waals surface area contributed by atoms with Crippen molar-refractivity contribution in [2.24, 2.45) is 0 Å². The summed E-state index contributed by atoms with van der Waals surface area (Å²) in [6.45, 7) is 1.69. The molecule has 0 spiro atoms. The molecule has 0 atom stereocenters. The lowest BCUT2D eigenvalue weighted by Gasteiger charge is -2.14. The monoisotopic (exact) mass is 270 g/mol. The molecule has 0 N–H and O–H groups in total. The van der Waals surface area contributed by atoms with E-state index in [4.69, 9.17) is 0 Å². The van der Waals surface area contributed by atoms with E-state index in [1.54, 1.807) is 10.8 Å². The highest BCUT2D eigenvalue weighted by molar-refractivity contribution is 5.93. The molecule has 3 rings (SSSR count). The van der Waals surface area contributed by atoms with Crippen LogP contribution >= 0.6 is 0 Å². The zero-order chi connectivity index (χ0) is 13.9. The van der Waals surface area contributed by atoms with E-state index >= 15 is 0 Å². The van der Waals surface area contributed by atoms with Crippen LogP contribution in [0.25, 0.3) is 10.9 Å². The average Bonchev–Trinajstić information content (AvgIpc) is 3.13. The van der Waals surface area contributed by atoms with Gasteiger partial charge in [-0.25, -0.2) is 0 Å². The summed E-state index contributed by atoms with van der Waals surface area (Å²) in [6.07, 6.45) is 4.54. The van der Waals surface area contributed by atoms with Crippen molar-refractivity contribution in [1.29, 1.82) is 0 Å². The Morgan fingerprint density at radius 3 is 2.45 bits per heavy atom. The first-order valence-corrected chi connectivity index (χ1v) is 7.13. The third-order valence-corrected chi connectivity index (χ3v) is 3.88. The van der Waals surface area contributed by atoms with E-state index in [2.05, 4.69) is 0 Å². The van der Waals surface area contributed by atoms with Crippen LogP contribution < -0.4 is 0 Å². The Kier molecular flexibility index (Phi) is 3.54. The van der Waals surface area contributed by atoms with Crippen LogP contribution in [0.3, 0.4) is 0 Å². The first-order chi connectivity index (χ1) is 9.75. The van der Waals surface area contributed by atoms with E-state index in [0.29, 0.717) is 6.42 Å². The Bertz CT molecular complexity index is 639. The van der Waals surface area contributed by atoms with Gasteiger partial charge in [0, 0.05) is 37.5 Å². The summed E-state index contributed by atoms with van der Waals surface area (Å²) in [6, 6.07) is 9.70. The average molecular weight is 270 g/mol. The van der Waals surface area contributed by atoms with Gasteiger partial charge in [-0.05, 0) is 25.0 Å². The van der Waals surface area contributed by atoms with E-state index in [1.807, 2.05) is 35.2 Å². The number of carbonyl (C=O) groups excluding carboxylic acids is 2. The van der Waals surface area contributed by atoms with Crippen LogP contribution in [-0.2, 0) is 4.79 Å². The lowest BCUT2D eigenvalue weighted by Crippen LogP contribution is -2.28. The van der Waals surface area contributed by atoms with Gasteiger partial charge in [-0.1, -0.05) is 18.2 Å². The molecule has 0 bridgehead atoms. The molecule has 4 nitrogen and oxygen atoms in total. The second-order valence-corrected chi connectivity index (χ2v) is 5.23. The Balaban J connectivity index is 1.66. The molecule has 2 heterocycles. The molecule has 104 valence electrons. The topological polar surface area (TPSA) is 42.3 Å². The molecule has 0 radical (unpaired) electrons. The number of benzene rings is 1. The smallest absolute Gasteiger partial charge is 0.231 e. The fourth-order valence-electron chi connectivity index (χ4n) is 2.76. The van der Waals surface area contributed by atoms with Gasteiger partial charge >= 0.3 is 0 Å². The van der Waals surface area contributed by atoms with Gasteiger partial charge in [0.1, 0.15) is 0 Å². The molecule has 1 aliphatic rings. The van der Waals surface area contributed by atoms with Crippen molar-refractivity contribution < 1.29 is 9.59 Å². The van der Waals surface area contributed by atoms with Gasteiger partial charge in [0.05, 0.1) is 5.52 Å². The Morgan fingerprint density at radius 2 is 1.65 bits per heavy atom. The van der Waals surface area contributed by atoms with Gasteiger partial charge in [-0.3, -0.25) is 14.2 Å². The lowest BCUT2D eigenvalue weighted by molar-refractivity contribution is -0.130. The van der Waals surface area contributed by atoms with Crippen LogP contribution in [0.5, 0.6) is 0 Å². The Hall–Kier alpha value is -2.10. The van der Waals surface area contributed by atoms with Crippen LogP contribution in [0, 0.1) is 0 Å². The van der Waals surface area contributed by atoms with Crippen LogP contribution in [0.1, 0.15) is 30.5 Å². The fraction of sp³-hybridized carbons (Fsp3) is 0.375. The fourth-order valence-corrected chi connectivity index (χ4v) is 2.76. The van der Waals surface area contributed by atoms with Crippen molar-refractivity contribution in [3.05, 3.63) is 36.5 Å². The molecule has 0 unspecified atom stereocenters. The largest absolute Gasteiger partial charge is 0.343 e. The van der Waals surface area contributed by atoms with Crippen molar-refractivity contribution in [2.75, 3.05) is 13.1 Å². The van der Waals surface area contributed by atoms with E-state index in [0.717, 1.165) is 36.8 Å². The van der Waals surface area contributed by atoms with E-state index in [1.165, 1.54) is 0 Å². The van der Waals surface area contributed by atoms with Gasteiger partial charge in [0.25, 0.3) is 0 Å². The number of aromatic nitrogens is 1. The van der Waals surface area contributed by atoms with Crippen molar-refractivity contribution in [3.63, 3.8) is 0 Å². The second-order valence-electron chi connectivity index (χ2n) is 5.23. The minimum atomic E-state index is -0.0150. The number of fused-ring (bicyclic) bond motifs is 1. The summed E-state index contributed by atoms with van der Waals surface area (Å²) < 4.78 is 1.65. The number of hydrogen-bond acceptors (Lipinski definition) is 2. The normalized spacial score (nSPS) is 14.9. The number of amides is 1. The number of likely N-dealkylation sites (tertiary alicyclic amines) is 1. The van der Waals surface area contributed by atoms with E-state index in [9.17, 15) is 9.59 Å². The number of rotatable bonds is 3. The molecule has 1 amide bonds. The summed E-state index contributed by atoms with van der Waals surface area (Å²) in [7, 11) is 0. The van der Waals surface area contributed by atoms with Crippen LogP contribution in [0.15, 0.2) is 36.5 Å². The van der Waals surface area contributed by atoms with E-state index in [-0.39, 0.29) is 18.2 Å². The highest BCUT2D eigenvalue weighted by atomic mass is 16.2. The quantitative estimate of drug-likeness (QED) is 0.860. The molecule has 20 heavy (non-hydrogen) atoms. The van der Waals surface area contributed by atoms with E-state index < -0.39 is 0 Å². The highest BCUT2D eigenvalue weighted by Gasteiger charge is 2.19. The maximum absolute atomic E-state index is 12.2. The maximum Gasteiger partial charge on any atom is 0.231 e. The SMILES string of the molecule is O=C(CCC(=O)n1ccc2ccccc21)N1CCCC1. The summed E-state index contributed by atoms with van der Waals surface area (Å²) in [5, 5.41) is 1.05. The minimum Gasteiger partial charge on any atom is -0.343 e. The van der Waals surface area contributed by atoms with Crippen LogP contribution in [-0.4, -0.2) is 34.4 Å². The highest BCUT2D eigenvalue weighted by Crippen LogP contribution is 2.16. The van der Waals surface area contributed by atoms with Crippen molar-refractivity contribution >= 4 is 22.7 Å². The maximum atomic E-state index is 12.2. The third kappa shape index (κ3) is 2.46. The summed E-state index contributed by atoms with van der Waals surface area (Å²) in [5.41, 5.74) is 0.908. The predicted octanol–water partition coefficient (Wildman–Crippen LogP) is 2.68. The van der Waals surface area contributed by atoms with Gasteiger partial charge in [-0.15, -0.1) is 0 Å². The molecule has 4 heteroatoms. The van der Waals surface area contributed by atoms with Crippen LogP contribution in [0.2, 0.25) is 0 Å². The molecule has 1 fully saturated rings. The third-order valence-electron chi connectivity index (χ3n) is 3.88. The number of nitrogens with zero attached hydrogens (tertiary/aromatic N) is 2. The number of hydrogen-bond donors (Lipinski definition) is 0. The Labute approximate surface area is 118 Å². The first-order valence-electron chi connectivity index (χ1n) is 7.13. The van der Waals surface area contributed by atoms with Gasteiger partial charge in [0.15, 0.2) is 0 Å². The zero-order valence-electron chi connectivity index (χ0n) is 11.4. The summed E-state index contributed by atoms with van der Waals surface area (Å²) in [4.78, 5) is 26.0. The summed E-state index contributed by atoms with van der Waals surface area (Å²) >= 11 is 0. The lowest BCUT2D eigenvalue weighted by atomic mass is 10.2. The molecular weight excluding hydrogens is 252 g/mol. The van der Waals surface area contributed by atoms with Crippen molar-refractivity contribution in [3.8, 4) is 0 Å². The zero-order valence-corrected chi connectivity index (χ0v) is 11.4.